The van der Waals surface area contributed by atoms with Crippen molar-refractivity contribution in [2.24, 2.45) is 0 Å². The van der Waals surface area contributed by atoms with Crippen LogP contribution < -0.4 is 4.74 Å². The van der Waals surface area contributed by atoms with Crippen molar-refractivity contribution in [3.8, 4) is 28.6 Å². The van der Waals surface area contributed by atoms with Crippen molar-refractivity contribution in [2.45, 2.75) is 31.5 Å². The average Bonchev–Trinajstić information content (AvgIpc) is 3.28. The lowest BCUT2D eigenvalue weighted by atomic mass is 10.1. The minimum absolute atomic E-state index is 0.102. The molecule has 0 aliphatic heterocycles. The number of aromatic hydroxyl groups is 1. The molecular weight excluding hydrogens is 323 g/mol. The molecule has 2 heterocycles. The van der Waals surface area contributed by atoms with E-state index in [1.807, 2.05) is 6.07 Å². The first-order chi connectivity index (χ1) is 12.2. The Bertz CT molecular complexity index is 852. The van der Waals surface area contributed by atoms with Crippen LogP contribution in [0.4, 0.5) is 4.39 Å². The number of alkyl halides is 1. The smallest absolute Gasteiger partial charge is 0.233 e. The monoisotopic (exact) mass is 340 g/mol. The van der Waals surface area contributed by atoms with E-state index in [1.165, 1.54) is 0 Å². The Morgan fingerprint density at radius 1 is 1.16 bits per heavy atom. The molecule has 1 saturated carbocycles. The molecule has 0 unspecified atom stereocenters. The fraction of sp³-hybridized carbons (Fsp3) is 0.278. The molecule has 3 aromatic rings. The van der Waals surface area contributed by atoms with E-state index in [1.54, 1.807) is 47.6 Å². The molecular formula is C18H17FN4O2. The summed E-state index contributed by atoms with van der Waals surface area (Å²) in [6.45, 7) is 0. The first-order valence-corrected chi connectivity index (χ1v) is 8.15. The number of rotatable bonds is 4. The first-order valence-electron chi connectivity index (χ1n) is 8.15. The van der Waals surface area contributed by atoms with Crippen molar-refractivity contribution >= 4 is 0 Å². The zero-order valence-corrected chi connectivity index (χ0v) is 13.4. The molecule has 0 saturated heterocycles. The number of hydrogen-bond acceptors (Lipinski definition) is 5. The molecule has 1 aromatic carbocycles. The van der Waals surface area contributed by atoms with Crippen LogP contribution in [-0.4, -0.2) is 37.1 Å². The topological polar surface area (TPSA) is 73.1 Å². The Morgan fingerprint density at radius 3 is 2.72 bits per heavy atom. The third kappa shape index (κ3) is 3.31. The third-order valence-corrected chi connectivity index (χ3v) is 4.31. The fourth-order valence-electron chi connectivity index (χ4n) is 3.00. The van der Waals surface area contributed by atoms with Gasteiger partial charge < -0.3 is 14.4 Å². The van der Waals surface area contributed by atoms with Gasteiger partial charge in [0, 0.05) is 36.5 Å². The first kappa shape index (κ1) is 15.6. The third-order valence-electron chi connectivity index (χ3n) is 4.31. The number of halogens is 1. The molecule has 2 atom stereocenters. The molecule has 0 amide bonds. The SMILES string of the molecule is Oc1cc(-n2ccnc2)ccc1-c1ccc(O[C@H]2CC[C@@H](F)C2)nn1. The maximum atomic E-state index is 13.2. The summed E-state index contributed by atoms with van der Waals surface area (Å²) in [4.78, 5) is 3.99. The van der Waals surface area contributed by atoms with Gasteiger partial charge in [-0.3, -0.25) is 0 Å². The van der Waals surface area contributed by atoms with Crippen LogP contribution in [0.5, 0.6) is 11.6 Å². The number of hydrogen-bond donors (Lipinski definition) is 1. The average molecular weight is 340 g/mol. The van der Waals surface area contributed by atoms with Gasteiger partial charge in [-0.25, -0.2) is 9.37 Å². The molecule has 25 heavy (non-hydrogen) atoms. The highest BCUT2D eigenvalue weighted by Gasteiger charge is 2.26. The standard InChI is InChI=1S/C18H17FN4O2/c19-12-1-3-14(9-12)25-18-6-5-16(21-22-18)15-4-2-13(10-17(15)24)23-8-7-20-11-23/h2,4-8,10-12,14,24H,1,3,9H2/t12-,14+/m1/s1. The molecule has 128 valence electrons. The van der Waals surface area contributed by atoms with Crippen LogP contribution in [0.3, 0.4) is 0 Å². The van der Waals surface area contributed by atoms with Crippen molar-refractivity contribution in [1.29, 1.82) is 0 Å². The van der Waals surface area contributed by atoms with Crippen molar-refractivity contribution in [2.75, 3.05) is 0 Å². The van der Waals surface area contributed by atoms with Crippen molar-refractivity contribution in [3.05, 3.63) is 49.1 Å². The van der Waals surface area contributed by atoms with Crippen LogP contribution in [0.25, 0.3) is 16.9 Å². The maximum Gasteiger partial charge on any atom is 0.233 e. The predicted octanol–water partition coefficient (Wildman–Crippen LogP) is 3.30. The zero-order chi connectivity index (χ0) is 17.2. The molecule has 1 N–H and O–H groups in total. The molecule has 7 heteroatoms. The summed E-state index contributed by atoms with van der Waals surface area (Å²) in [5.41, 5.74) is 1.91. The van der Waals surface area contributed by atoms with Gasteiger partial charge in [0.15, 0.2) is 0 Å². The zero-order valence-electron chi connectivity index (χ0n) is 13.4. The summed E-state index contributed by atoms with van der Waals surface area (Å²) in [6, 6.07) is 8.71. The van der Waals surface area contributed by atoms with Crippen molar-refractivity contribution in [1.82, 2.24) is 19.7 Å². The number of ether oxygens (including phenoxy) is 1. The second kappa shape index (κ2) is 6.51. The van der Waals surface area contributed by atoms with Gasteiger partial charge in [0.25, 0.3) is 0 Å². The lowest BCUT2D eigenvalue weighted by Gasteiger charge is -2.12. The van der Waals surface area contributed by atoms with E-state index in [0.29, 0.717) is 36.4 Å². The summed E-state index contributed by atoms with van der Waals surface area (Å²) in [6.07, 6.45) is 5.83. The van der Waals surface area contributed by atoms with Crippen LogP contribution in [0.1, 0.15) is 19.3 Å². The van der Waals surface area contributed by atoms with Gasteiger partial charge in [-0.2, -0.15) is 0 Å². The Balaban J connectivity index is 1.52. The normalized spacial score (nSPS) is 19.9. The van der Waals surface area contributed by atoms with Gasteiger partial charge in [0.2, 0.25) is 5.88 Å². The highest BCUT2D eigenvalue weighted by molar-refractivity contribution is 5.68. The second-order valence-electron chi connectivity index (χ2n) is 6.08. The van der Waals surface area contributed by atoms with E-state index < -0.39 is 6.17 Å². The number of benzene rings is 1. The fourth-order valence-corrected chi connectivity index (χ4v) is 3.00. The highest BCUT2D eigenvalue weighted by Crippen LogP contribution is 2.31. The number of imidazole rings is 1. The molecule has 1 fully saturated rings. The van der Waals surface area contributed by atoms with E-state index in [-0.39, 0.29) is 11.9 Å². The summed E-state index contributed by atoms with van der Waals surface area (Å²) < 4.78 is 20.6. The minimum Gasteiger partial charge on any atom is -0.507 e. The summed E-state index contributed by atoms with van der Waals surface area (Å²) >= 11 is 0. The molecule has 2 aromatic heterocycles. The van der Waals surface area contributed by atoms with E-state index in [4.69, 9.17) is 4.74 Å². The van der Waals surface area contributed by atoms with E-state index in [0.717, 1.165) is 5.69 Å². The van der Waals surface area contributed by atoms with Crippen molar-refractivity contribution in [3.63, 3.8) is 0 Å². The Morgan fingerprint density at radius 2 is 2.08 bits per heavy atom. The highest BCUT2D eigenvalue weighted by atomic mass is 19.1. The number of phenols is 1. The largest absolute Gasteiger partial charge is 0.507 e. The molecule has 1 aliphatic rings. The minimum atomic E-state index is -0.789. The van der Waals surface area contributed by atoms with E-state index >= 15 is 0 Å². The maximum absolute atomic E-state index is 13.2. The van der Waals surface area contributed by atoms with Gasteiger partial charge in [0.1, 0.15) is 18.0 Å². The van der Waals surface area contributed by atoms with Gasteiger partial charge in [-0.15, -0.1) is 10.2 Å². The number of aromatic nitrogens is 4. The molecule has 1 aliphatic carbocycles. The molecule has 0 spiro atoms. The van der Waals surface area contributed by atoms with Crippen LogP contribution in [-0.2, 0) is 0 Å². The van der Waals surface area contributed by atoms with Crippen molar-refractivity contribution < 1.29 is 14.2 Å². The van der Waals surface area contributed by atoms with Gasteiger partial charge in [-0.05, 0) is 31.0 Å². The predicted molar refractivity (Wildman–Crippen MR) is 89.4 cm³/mol. The van der Waals surface area contributed by atoms with Gasteiger partial charge >= 0.3 is 0 Å². The van der Waals surface area contributed by atoms with Crippen LogP contribution >= 0.6 is 0 Å². The van der Waals surface area contributed by atoms with Gasteiger partial charge in [0.05, 0.1) is 17.7 Å². The summed E-state index contributed by atoms with van der Waals surface area (Å²) in [5.74, 6) is 0.475. The van der Waals surface area contributed by atoms with E-state index in [9.17, 15) is 9.50 Å². The summed E-state index contributed by atoms with van der Waals surface area (Å²) in [5, 5.41) is 18.4. The van der Waals surface area contributed by atoms with E-state index in [2.05, 4.69) is 15.2 Å². The van der Waals surface area contributed by atoms with Crippen LogP contribution in [0.2, 0.25) is 0 Å². The Labute approximate surface area is 143 Å². The molecule has 0 radical (unpaired) electrons. The number of nitrogens with zero attached hydrogens (tertiary/aromatic N) is 4. The van der Waals surface area contributed by atoms with Gasteiger partial charge in [-0.1, -0.05) is 0 Å². The quantitative estimate of drug-likeness (QED) is 0.789. The second-order valence-corrected chi connectivity index (χ2v) is 6.08. The lowest BCUT2D eigenvalue weighted by Crippen LogP contribution is -2.13. The lowest BCUT2D eigenvalue weighted by molar-refractivity contribution is 0.187. The van der Waals surface area contributed by atoms with Crippen LogP contribution in [0, 0.1) is 0 Å². The Kier molecular flexibility index (Phi) is 4.05. The molecule has 6 nitrogen and oxygen atoms in total. The van der Waals surface area contributed by atoms with Crippen LogP contribution in [0.15, 0.2) is 49.1 Å². The Hall–Kier alpha value is -2.96. The number of phenolic OH excluding ortho intramolecular Hbond substituents is 1. The molecule has 0 bridgehead atoms. The molecule has 4 rings (SSSR count). The summed E-state index contributed by atoms with van der Waals surface area (Å²) in [7, 11) is 0.